The van der Waals surface area contributed by atoms with Gasteiger partial charge in [0.1, 0.15) is 11.9 Å². The lowest BCUT2D eigenvalue weighted by molar-refractivity contribution is -0.789. The molecule has 0 bridgehead atoms. The Balaban J connectivity index is 1.58. The number of nitrogens with one attached hydrogen (secondary N) is 2. The van der Waals surface area contributed by atoms with E-state index in [0.717, 1.165) is 0 Å². The number of hydrogen-bond donors (Lipinski definition) is 3. The second kappa shape index (κ2) is 8.90. The Morgan fingerprint density at radius 1 is 1.17 bits per heavy atom. The summed E-state index contributed by atoms with van der Waals surface area (Å²) in [4.78, 5) is 12.1. The van der Waals surface area contributed by atoms with Crippen LogP contribution in [0.5, 0.6) is 5.75 Å². The molecule has 3 N–H and O–H groups in total. The number of aromatic nitrogens is 2. The first-order valence-corrected chi connectivity index (χ1v) is 9.99. The molecule has 11 nitrogen and oxygen atoms in total. The number of carbonyl (C=O) groups is 1. The van der Waals surface area contributed by atoms with E-state index in [1.165, 1.54) is 35.1 Å². The van der Waals surface area contributed by atoms with Gasteiger partial charge in [-0.15, -0.1) is 0 Å². The summed E-state index contributed by atoms with van der Waals surface area (Å²) in [5.41, 5.74) is 1.02. The molecule has 2 aromatic carbocycles. The molecule has 1 aromatic heterocycles. The Bertz CT molecular complexity index is 1100. The van der Waals surface area contributed by atoms with E-state index in [2.05, 4.69) is 20.1 Å². The van der Waals surface area contributed by atoms with Crippen molar-refractivity contribution in [2.75, 3.05) is 10.6 Å². The topological polar surface area (TPSA) is 158 Å². The Labute approximate surface area is 171 Å². The largest absolute Gasteiger partial charge is 0.716 e. The van der Waals surface area contributed by atoms with E-state index < -0.39 is 28.6 Å². The van der Waals surface area contributed by atoms with Crippen LogP contribution >= 0.6 is 0 Å². The summed E-state index contributed by atoms with van der Waals surface area (Å²) in [6.45, 7) is 1.75. The van der Waals surface area contributed by atoms with Crippen molar-refractivity contribution < 1.29 is 36.3 Å². The predicted octanol–water partition coefficient (Wildman–Crippen LogP) is 1.74. The maximum absolute atomic E-state index is 12.1. The minimum absolute atomic E-state index is 0.0389. The van der Waals surface area contributed by atoms with Gasteiger partial charge in [0, 0.05) is 12.6 Å². The van der Waals surface area contributed by atoms with E-state index in [1.54, 1.807) is 19.1 Å². The zero-order valence-electron chi connectivity index (χ0n) is 15.6. The fourth-order valence-corrected chi connectivity index (χ4v) is 2.91. The van der Waals surface area contributed by atoms with Crippen LogP contribution < -0.4 is 19.5 Å². The van der Waals surface area contributed by atoms with Crippen molar-refractivity contribution in [3.8, 4) is 5.75 Å². The Morgan fingerprint density at radius 2 is 1.83 bits per heavy atom. The Morgan fingerprint density at radius 3 is 2.47 bits per heavy atom. The van der Waals surface area contributed by atoms with E-state index in [9.17, 15) is 22.9 Å². The normalized spacial score (nSPS) is 13.3. The molecule has 0 saturated carbocycles. The molecule has 0 aliphatic rings. The van der Waals surface area contributed by atoms with Gasteiger partial charge in [-0.25, -0.2) is 13.2 Å². The van der Waals surface area contributed by atoms with Crippen LogP contribution in [0.2, 0.25) is 0 Å². The van der Waals surface area contributed by atoms with Crippen molar-refractivity contribution in [3.63, 3.8) is 0 Å². The molecule has 2 unspecified atom stereocenters. The first-order chi connectivity index (χ1) is 14.2. The van der Waals surface area contributed by atoms with Gasteiger partial charge in [-0.2, -0.15) is 0 Å². The highest BCUT2D eigenvalue weighted by Crippen LogP contribution is 2.22. The van der Waals surface area contributed by atoms with Gasteiger partial charge in [0.2, 0.25) is 11.3 Å². The summed E-state index contributed by atoms with van der Waals surface area (Å²) in [6.07, 6.45) is 0.591. The monoisotopic (exact) mass is 434 g/mol. The number of nitrogens with zero attached hydrogens (tertiary/aromatic N) is 2. The summed E-state index contributed by atoms with van der Waals surface area (Å²) in [7, 11) is -4.87. The van der Waals surface area contributed by atoms with E-state index in [-0.39, 0.29) is 11.6 Å². The van der Waals surface area contributed by atoms with Gasteiger partial charge in [-0.1, -0.05) is 30.3 Å². The smallest absolute Gasteiger partial charge is 0.326 e. The molecule has 0 aliphatic carbocycles. The summed E-state index contributed by atoms with van der Waals surface area (Å²) in [6, 6.07) is 13.0. The van der Waals surface area contributed by atoms with Gasteiger partial charge in [0.25, 0.3) is 16.6 Å². The maximum atomic E-state index is 12.1. The average molecular weight is 434 g/mol. The summed E-state index contributed by atoms with van der Waals surface area (Å²) in [5.74, 6) is -0.143. The molecule has 3 aromatic rings. The second-order valence-electron chi connectivity index (χ2n) is 6.24. The third-order valence-corrected chi connectivity index (χ3v) is 4.44. The van der Waals surface area contributed by atoms with Gasteiger partial charge in [-0.05, 0) is 34.5 Å². The number of benzene rings is 2. The third kappa shape index (κ3) is 5.76. The molecule has 0 radical (unpaired) electrons. The van der Waals surface area contributed by atoms with Gasteiger partial charge >= 0.3 is 11.9 Å². The molecule has 3 rings (SSSR count). The van der Waals surface area contributed by atoms with Gasteiger partial charge in [0.05, 0.1) is 0 Å². The number of aliphatic hydroxyl groups excluding tert-OH is 1. The molecule has 2 amide bonds. The standard InChI is InChI=1S/C18H18N4O7S/c1-12(17(23)13-5-3-2-4-6-13)22-11-16(28-21-22)20-18(24)19-14-7-9-15(10-8-14)29-30(25,26)27/h2-12,17,23H,1H3,(H2-,19,20,21,24,25,26,27). The lowest BCUT2D eigenvalue weighted by Crippen LogP contribution is -2.42. The highest BCUT2D eigenvalue weighted by molar-refractivity contribution is 7.81. The first-order valence-electron chi connectivity index (χ1n) is 8.66. The van der Waals surface area contributed by atoms with Crippen LogP contribution in [0.15, 0.2) is 65.3 Å². The van der Waals surface area contributed by atoms with Crippen LogP contribution in [-0.4, -0.2) is 29.4 Å². The Hall–Kier alpha value is -3.48. The fraction of sp³-hybridized carbons (Fsp3) is 0.167. The number of rotatable bonds is 7. The van der Waals surface area contributed by atoms with Crippen molar-refractivity contribution >= 4 is 28.0 Å². The van der Waals surface area contributed by atoms with Crippen molar-refractivity contribution in [1.82, 2.24) is 5.27 Å². The molecule has 12 heteroatoms. The minimum Gasteiger partial charge on any atom is -0.716 e. The molecular weight excluding hydrogens is 416 g/mol. The maximum Gasteiger partial charge on any atom is 0.326 e. The highest BCUT2D eigenvalue weighted by Gasteiger charge is 2.28. The number of anilines is 2. The molecule has 30 heavy (non-hydrogen) atoms. The van der Waals surface area contributed by atoms with Gasteiger partial charge in [-0.3, -0.25) is 9.84 Å². The van der Waals surface area contributed by atoms with Crippen molar-refractivity contribution in [2.45, 2.75) is 19.1 Å². The number of amides is 2. The van der Waals surface area contributed by atoms with E-state index in [4.69, 9.17) is 4.52 Å². The van der Waals surface area contributed by atoms with Gasteiger partial charge in [0.15, 0.2) is 0 Å². The number of hydrogen-bond acceptors (Lipinski definition) is 8. The van der Waals surface area contributed by atoms with E-state index in [1.807, 2.05) is 18.2 Å². The second-order valence-corrected chi connectivity index (χ2v) is 7.22. The third-order valence-electron chi connectivity index (χ3n) is 4.05. The molecule has 158 valence electrons. The Kier molecular flexibility index (Phi) is 6.30. The fourth-order valence-electron chi connectivity index (χ4n) is 2.56. The van der Waals surface area contributed by atoms with Crippen LogP contribution in [0.25, 0.3) is 0 Å². The van der Waals surface area contributed by atoms with Crippen molar-refractivity contribution in [3.05, 3.63) is 66.4 Å². The van der Waals surface area contributed by atoms with Crippen LogP contribution in [0.1, 0.15) is 24.6 Å². The predicted molar refractivity (Wildman–Crippen MR) is 102 cm³/mol. The zero-order valence-corrected chi connectivity index (χ0v) is 16.4. The molecule has 1 heterocycles. The van der Waals surface area contributed by atoms with Crippen LogP contribution in [0, 0.1) is 0 Å². The highest BCUT2D eigenvalue weighted by atomic mass is 32.3. The zero-order chi connectivity index (χ0) is 21.7. The van der Waals surface area contributed by atoms with Crippen LogP contribution in [0.4, 0.5) is 16.4 Å². The summed E-state index contributed by atoms with van der Waals surface area (Å²) in [5, 5.41) is 19.2. The van der Waals surface area contributed by atoms with Crippen molar-refractivity contribution in [2.24, 2.45) is 0 Å². The quantitative estimate of drug-likeness (QED) is 0.288. The molecule has 0 spiro atoms. The summed E-state index contributed by atoms with van der Waals surface area (Å²) >= 11 is 0. The SMILES string of the molecule is CC(C(O)c1ccccc1)[n+]1cc(NC(=O)Nc2ccc(OS(=O)(=O)[O-])cc2)on1. The number of urea groups is 1. The molecule has 2 atom stereocenters. The van der Waals surface area contributed by atoms with E-state index in [0.29, 0.717) is 11.3 Å². The summed E-state index contributed by atoms with van der Waals surface area (Å²) < 4.78 is 42.3. The lowest BCUT2D eigenvalue weighted by Gasteiger charge is -2.11. The lowest BCUT2D eigenvalue weighted by atomic mass is 10.0. The van der Waals surface area contributed by atoms with Crippen molar-refractivity contribution in [1.29, 1.82) is 0 Å². The van der Waals surface area contributed by atoms with E-state index >= 15 is 0 Å². The first kappa shape index (κ1) is 21.2. The number of aliphatic hydroxyl groups is 1. The number of carbonyl (C=O) groups excluding carboxylic acids is 1. The average Bonchev–Trinajstić information content (AvgIpc) is 3.16. The molecule has 0 aliphatic heterocycles. The van der Waals surface area contributed by atoms with Crippen LogP contribution in [0.3, 0.4) is 0 Å². The van der Waals surface area contributed by atoms with Crippen LogP contribution in [-0.2, 0) is 10.4 Å². The minimum atomic E-state index is -4.87. The molecule has 0 fully saturated rings. The van der Waals surface area contributed by atoms with Gasteiger partial charge < -0.3 is 19.2 Å². The molecular formula is C18H18N4O7S. The molecule has 0 saturated heterocycles.